The predicted molar refractivity (Wildman–Crippen MR) is 129 cm³/mol. The monoisotopic (exact) mass is 462 g/mol. The fraction of sp³-hybridized carbons (Fsp3) is 0.440. The maximum Gasteiger partial charge on any atom is 0.242 e. The highest BCUT2D eigenvalue weighted by atomic mass is 35.5. The minimum atomic E-state index is -0.552. The summed E-state index contributed by atoms with van der Waals surface area (Å²) in [7, 11) is 0. The molecule has 2 aromatic carbocycles. The van der Waals surface area contributed by atoms with Crippen molar-refractivity contribution in [1.29, 1.82) is 0 Å². The van der Waals surface area contributed by atoms with Gasteiger partial charge in [-0.05, 0) is 55.5 Å². The van der Waals surface area contributed by atoms with Crippen LogP contribution in [0.3, 0.4) is 0 Å². The molecule has 6 heteroatoms. The number of carbonyl (C=O) groups is 2. The molecule has 0 heterocycles. The van der Waals surface area contributed by atoms with Crippen LogP contribution in [0, 0.1) is 13.8 Å². The number of unbranched alkanes of at least 4 members (excludes halogenated alkanes) is 1. The number of hydrogen-bond acceptors (Lipinski definition) is 2. The molecule has 1 N–H and O–H groups in total. The van der Waals surface area contributed by atoms with Crippen molar-refractivity contribution in [3.8, 4) is 0 Å². The summed E-state index contributed by atoms with van der Waals surface area (Å²) in [5.74, 6) is -0.206. The Kier molecular flexibility index (Phi) is 9.86. The molecule has 0 aliphatic carbocycles. The van der Waals surface area contributed by atoms with E-state index in [2.05, 4.69) is 12.2 Å². The standard InChI is InChI=1S/C25H32Cl2N2O2/c1-5-7-12-28-25(31)23(6-2)29(16-19-10-11-21(26)22(27)14-19)24(30)15-20-13-17(3)8-9-18(20)4/h8-11,13-14,23H,5-7,12,15-16H2,1-4H3,(H,28,31)/t23-/m1/s1. The second-order valence-electron chi connectivity index (χ2n) is 7.95. The molecule has 2 rings (SSSR count). The first-order valence-electron chi connectivity index (χ1n) is 10.8. The van der Waals surface area contributed by atoms with Crippen LogP contribution in [0.25, 0.3) is 0 Å². The van der Waals surface area contributed by atoms with Gasteiger partial charge in [-0.3, -0.25) is 9.59 Å². The van der Waals surface area contributed by atoms with Crippen molar-refractivity contribution in [3.05, 3.63) is 68.7 Å². The SMILES string of the molecule is CCCCNC(=O)[C@@H](CC)N(Cc1ccc(Cl)c(Cl)c1)C(=O)Cc1cc(C)ccc1C. The van der Waals surface area contributed by atoms with Crippen molar-refractivity contribution in [1.82, 2.24) is 10.2 Å². The molecular formula is C25H32Cl2N2O2. The van der Waals surface area contributed by atoms with Crippen molar-refractivity contribution in [3.63, 3.8) is 0 Å². The van der Waals surface area contributed by atoms with E-state index in [1.165, 1.54) is 0 Å². The first-order chi connectivity index (χ1) is 14.8. The van der Waals surface area contributed by atoms with Crippen molar-refractivity contribution in [2.75, 3.05) is 6.54 Å². The highest BCUT2D eigenvalue weighted by molar-refractivity contribution is 6.42. The molecule has 4 nitrogen and oxygen atoms in total. The van der Waals surface area contributed by atoms with Crippen LogP contribution in [-0.4, -0.2) is 29.3 Å². The molecule has 0 radical (unpaired) electrons. The topological polar surface area (TPSA) is 49.4 Å². The van der Waals surface area contributed by atoms with E-state index in [9.17, 15) is 9.59 Å². The van der Waals surface area contributed by atoms with Crippen molar-refractivity contribution < 1.29 is 9.59 Å². The smallest absolute Gasteiger partial charge is 0.242 e. The minimum absolute atomic E-state index is 0.0859. The molecule has 0 fully saturated rings. The summed E-state index contributed by atoms with van der Waals surface area (Å²) in [6, 6.07) is 10.9. The Bertz CT molecular complexity index is 914. The maximum absolute atomic E-state index is 13.5. The number of carbonyl (C=O) groups excluding carboxylic acids is 2. The van der Waals surface area contributed by atoms with Gasteiger partial charge in [0.05, 0.1) is 16.5 Å². The van der Waals surface area contributed by atoms with Gasteiger partial charge < -0.3 is 10.2 Å². The lowest BCUT2D eigenvalue weighted by molar-refractivity contribution is -0.140. The lowest BCUT2D eigenvalue weighted by Crippen LogP contribution is -2.49. The van der Waals surface area contributed by atoms with Gasteiger partial charge in [-0.25, -0.2) is 0 Å². The minimum Gasteiger partial charge on any atom is -0.354 e. The van der Waals surface area contributed by atoms with E-state index in [0.717, 1.165) is 35.1 Å². The van der Waals surface area contributed by atoms with E-state index < -0.39 is 6.04 Å². The third kappa shape index (κ3) is 7.26. The number of nitrogens with one attached hydrogen (secondary N) is 1. The van der Waals surface area contributed by atoms with Gasteiger partial charge in [0.25, 0.3) is 0 Å². The van der Waals surface area contributed by atoms with Crippen LogP contribution >= 0.6 is 23.2 Å². The molecule has 0 saturated heterocycles. The zero-order valence-electron chi connectivity index (χ0n) is 18.8. The van der Waals surface area contributed by atoms with E-state index in [0.29, 0.717) is 29.6 Å². The third-order valence-corrected chi connectivity index (χ3v) is 6.14. The van der Waals surface area contributed by atoms with Gasteiger partial charge >= 0.3 is 0 Å². The summed E-state index contributed by atoms with van der Waals surface area (Å²) in [6.45, 7) is 8.92. The quantitative estimate of drug-likeness (QED) is 0.448. The van der Waals surface area contributed by atoms with Gasteiger partial charge in [0.15, 0.2) is 0 Å². The van der Waals surface area contributed by atoms with E-state index >= 15 is 0 Å². The largest absolute Gasteiger partial charge is 0.354 e. The van der Waals surface area contributed by atoms with Crippen LogP contribution in [0.15, 0.2) is 36.4 Å². The molecule has 31 heavy (non-hydrogen) atoms. The van der Waals surface area contributed by atoms with Gasteiger partial charge in [-0.1, -0.05) is 73.3 Å². The summed E-state index contributed by atoms with van der Waals surface area (Å²) in [4.78, 5) is 28.1. The zero-order valence-corrected chi connectivity index (χ0v) is 20.3. The summed E-state index contributed by atoms with van der Waals surface area (Å²) in [5.41, 5.74) is 3.98. The van der Waals surface area contributed by atoms with Crippen LogP contribution in [0.4, 0.5) is 0 Å². The Hall–Kier alpha value is -2.04. The van der Waals surface area contributed by atoms with Crippen LogP contribution in [0.1, 0.15) is 55.4 Å². The summed E-state index contributed by atoms with van der Waals surface area (Å²) >= 11 is 12.2. The lowest BCUT2D eigenvalue weighted by Gasteiger charge is -2.31. The molecule has 0 aliphatic rings. The Morgan fingerprint density at radius 3 is 2.42 bits per heavy atom. The van der Waals surface area contributed by atoms with Gasteiger partial charge in [0.1, 0.15) is 6.04 Å². The first-order valence-corrected chi connectivity index (χ1v) is 11.6. The number of nitrogens with zero attached hydrogens (tertiary/aromatic N) is 1. The van der Waals surface area contributed by atoms with Gasteiger partial charge in [0.2, 0.25) is 11.8 Å². The maximum atomic E-state index is 13.5. The number of rotatable bonds is 10. The fourth-order valence-corrected chi connectivity index (χ4v) is 3.84. The number of hydrogen-bond donors (Lipinski definition) is 1. The molecule has 0 saturated carbocycles. The molecule has 0 spiro atoms. The van der Waals surface area contributed by atoms with Crippen molar-refractivity contribution in [2.24, 2.45) is 0 Å². The Labute approximate surface area is 195 Å². The Balaban J connectivity index is 2.32. The molecule has 168 valence electrons. The molecule has 1 atom stereocenters. The Morgan fingerprint density at radius 2 is 1.77 bits per heavy atom. The number of halogens is 2. The molecular weight excluding hydrogens is 431 g/mol. The summed E-state index contributed by atoms with van der Waals surface area (Å²) in [6.07, 6.45) is 2.67. The average Bonchev–Trinajstić information content (AvgIpc) is 2.73. The summed E-state index contributed by atoms with van der Waals surface area (Å²) in [5, 5.41) is 3.87. The van der Waals surface area contributed by atoms with Gasteiger partial charge in [0, 0.05) is 13.1 Å². The van der Waals surface area contributed by atoms with Crippen LogP contribution in [0.2, 0.25) is 10.0 Å². The normalized spacial score (nSPS) is 11.8. The number of amides is 2. The molecule has 0 unspecified atom stereocenters. The molecule has 0 aromatic heterocycles. The molecule has 0 aliphatic heterocycles. The first kappa shape index (κ1) is 25.2. The van der Waals surface area contributed by atoms with E-state index in [1.807, 2.05) is 45.0 Å². The average molecular weight is 463 g/mol. The highest BCUT2D eigenvalue weighted by Gasteiger charge is 2.28. The number of aryl methyl sites for hydroxylation is 2. The van der Waals surface area contributed by atoms with Crippen LogP contribution in [-0.2, 0) is 22.6 Å². The highest BCUT2D eigenvalue weighted by Crippen LogP contribution is 2.24. The molecule has 2 aromatic rings. The zero-order chi connectivity index (χ0) is 23.0. The Morgan fingerprint density at radius 1 is 1.03 bits per heavy atom. The van der Waals surface area contributed by atoms with Crippen LogP contribution in [0.5, 0.6) is 0 Å². The van der Waals surface area contributed by atoms with E-state index in [1.54, 1.807) is 17.0 Å². The van der Waals surface area contributed by atoms with Crippen LogP contribution < -0.4 is 5.32 Å². The van der Waals surface area contributed by atoms with Gasteiger partial charge in [-0.15, -0.1) is 0 Å². The second kappa shape index (κ2) is 12.1. The second-order valence-corrected chi connectivity index (χ2v) is 8.76. The van der Waals surface area contributed by atoms with Crippen molar-refractivity contribution >= 4 is 35.0 Å². The van der Waals surface area contributed by atoms with Crippen molar-refractivity contribution in [2.45, 2.75) is 66.0 Å². The lowest BCUT2D eigenvalue weighted by atomic mass is 10.0. The fourth-order valence-electron chi connectivity index (χ4n) is 3.52. The summed E-state index contributed by atoms with van der Waals surface area (Å²) < 4.78 is 0. The predicted octanol–water partition coefficient (Wildman–Crippen LogP) is 5.88. The molecule has 2 amide bonds. The van der Waals surface area contributed by atoms with E-state index in [4.69, 9.17) is 23.2 Å². The number of benzene rings is 2. The molecule has 0 bridgehead atoms. The van der Waals surface area contributed by atoms with E-state index in [-0.39, 0.29) is 18.2 Å². The van der Waals surface area contributed by atoms with Gasteiger partial charge in [-0.2, -0.15) is 0 Å². The third-order valence-electron chi connectivity index (χ3n) is 5.40.